The molecular formula is C21H18ClN3O3S2. The molecule has 0 bridgehead atoms. The summed E-state index contributed by atoms with van der Waals surface area (Å²) in [6.45, 7) is 2.48. The fraction of sp³-hybridized carbons (Fsp3) is 0.190. The number of carbonyl (C=O) groups excluding carboxylic acids is 2. The smallest absolute Gasteiger partial charge is 0.291 e. The molecule has 154 valence electrons. The molecule has 9 heteroatoms. The monoisotopic (exact) mass is 459 g/mol. The average molecular weight is 460 g/mol. The van der Waals surface area contributed by atoms with E-state index in [-0.39, 0.29) is 11.8 Å². The summed E-state index contributed by atoms with van der Waals surface area (Å²) >= 11 is 9.18. The number of aromatic nitrogens is 1. The minimum absolute atomic E-state index is 0.141. The third kappa shape index (κ3) is 4.04. The van der Waals surface area contributed by atoms with Gasteiger partial charge in [-0.3, -0.25) is 9.59 Å². The molecule has 4 rings (SSSR count). The number of halogens is 1. The first kappa shape index (κ1) is 20.7. The number of thiophene rings is 1. The molecule has 2 aromatic carbocycles. The van der Waals surface area contributed by atoms with Crippen LogP contribution in [0.5, 0.6) is 0 Å². The summed E-state index contributed by atoms with van der Waals surface area (Å²) in [5, 5.41) is 4.06. The first-order valence-electron chi connectivity index (χ1n) is 9.14. The molecule has 0 aliphatic carbocycles. The van der Waals surface area contributed by atoms with Crippen molar-refractivity contribution in [1.29, 1.82) is 0 Å². The molecule has 2 amide bonds. The first-order valence-corrected chi connectivity index (χ1v) is 11.1. The number of ether oxygens (including phenoxy) is 1. The minimum Gasteiger partial charge on any atom is -0.383 e. The summed E-state index contributed by atoms with van der Waals surface area (Å²) in [4.78, 5) is 29.7. The number of nitrogens with one attached hydrogen (secondary N) is 1. The summed E-state index contributed by atoms with van der Waals surface area (Å²) in [5.74, 6) is -0.515. The number of rotatable bonds is 5. The van der Waals surface area contributed by atoms with E-state index in [1.165, 1.54) is 29.6 Å². The maximum Gasteiger partial charge on any atom is 0.291 e. The molecule has 1 N–H and O–H groups in total. The van der Waals surface area contributed by atoms with E-state index in [0.29, 0.717) is 33.5 Å². The van der Waals surface area contributed by atoms with Gasteiger partial charge >= 0.3 is 0 Å². The van der Waals surface area contributed by atoms with Gasteiger partial charge < -0.3 is 14.6 Å². The number of hydrogen-bond donors (Lipinski definition) is 1. The molecule has 0 unspecified atom stereocenters. The van der Waals surface area contributed by atoms with E-state index < -0.39 is 0 Å². The van der Waals surface area contributed by atoms with Crippen LogP contribution in [0.1, 0.15) is 16.6 Å². The highest BCUT2D eigenvalue weighted by atomic mass is 35.5. The number of fused-ring (bicyclic) bond motifs is 2. The Balaban J connectivity index is 1.82. The van der Waals surface area contributed by atoms with Crippen LogP contribution < -0.4 is 10.1 Å². The van der Waals surface area contributed by atoms with Gasteiger partial charge in [-0.15, -0.1) is 11.3 Å². The van der Waals surface area contributed by atoms with Crippen molar-refractivity contribution in [3.63, 3.8) is 0 Å². The highest BCUT2D eigenvalue weighted by molar-refractivity contribution is 7.21. The van der Waals surface area contributed by atoms with Crippen molar-refractivity contribution in [2.45, 2.75) is 13.5 Å². The minimum atomic E-state index is -0.374. The van der Waals surface area contributed by atoms with Crippen molar-refractivity contribution in [3.8, 4) is 0 Å². The predicted octanol–water partition coefficient (Wildman–Crippen LogP) is 4.92. The van der Waals surface area contributed by atoms with E-state index in [9.17, 15) is 9.59 Å². The fourth-order valence-electron chi connectivity index (χ4n) is 3.13. The Kier molecular flexibility index (Phi) is 6.01. The highest BCUT2D eigenvalue weighted by Gasteiger charge is 2.17. The molecule has 0 saturated heterocycles. The number of anilines is 1. The molecule has 0 aliphatic heterocycles. The van der Waals surface area contributed by atoms with E-state index in [4.69, 9.17) is 16.3 Å². The third-order valence-electron chi connectivity index (χ3n) is 4.45. The molecule has 0 radical (unpaired) electrons. The number of methoxy groups -OCH3 is 1. The first-order chi connectivity index (χ1) is 14.5. The second-order valence-corrected chi connectivity index (χ2v) is 8.99. The fourth-order valence-corrected chi connectivity index (χ4v) is 5.62. The molecular weight excluding hydrogens is 442 g/mol. The van der Waals surface area contributed by atoms with Gasteiger partial charge in [-0.1, -0.05) is 41.1 Å². The van der Waals surface area contributed by atoms with Crippen LogP contribution in [0.15, 0.2) is 47.5 Å². The summed E-state index contributed by atoms with van der Waals surface area (Å²) in [5.41, 5.74) is 1.61. The van der Waals surface area contributed by atoms with Crippen LogP contribution in [0.25, 0.3) is 20.3 Å². The SMILES string of the molecule is COCCn1c(=NC(=O)c2sc3ccccc3c2Cl)sc2cc(NC(C)=O)ccc21. The summed E-state index contributed by atoms with van der Waals surface area (Å²) < 4.78 is 9.03. The standard InChI is InChI=1S/C21H18ClN3O3S2/c1-12(26)23-13-7-8-15-17(11-13)30-21(25(15)9-10-28-2)24-20(27)19-18(22)14-5-3-4-6-16(14)29-19/h3-8,11H,9-10H2,1-2H3,(H,23,26). The lowest BCUT2D eigenvalue weighted by molar-refractivity contribution is -0.114. The highest BCUT2D eigenvalue weighted by Crippen LogP contribution is 2.35. The van der Waals surface area contributed by atoms with Crippen molar-refractivity contribution in [3.05, 3.63) is 57.2 Å². The Morgan fingerprint density at radius 3 is 2.70 bits per heavy atom. The summed E-state index contributed by atoms with van der Waals surface area (Å²) in [6, 6.07) is 13.2. The zero-order valence-corrected chi connectivity index (χ0v) is 18.7. The van der Waals surface area contributed by atoms with Crippen LogP contribution in [-0.4, -0.2) is 30.1 Å². The predicted molar refractivity (Wildman–Crippen MR) is 123 cm³/mol. The number of nitrogens with zero attached hydrogens (tertiary/aromatic N) is 2. The van der Waals surface area contributed by atoms with Crippen molar-refractivity contribution < 1.29 is 14.3 Å². The van der Waals surface area contributed by atoms with Crippen molar-refractivity contribution in [2.24, 2.45) is 4.99 Å². The van der Waals surface area contributed by atoms with Crippen molar-refractivity contribution in [2.75, 3.05) is 19.0 Å². The lowest BCUT2D eigenvalue weighted by Gasteiger charge is -2.05. The van der Waals surface area contributed by atoms with E-state index in [2.05, 4.69) is 10.3 Å². The van der Waals surface area contributed by atoms with Gasteiger partial charge in [-0.2, -0.15) is 4.99 Å². The van der Waals surface area contributed by atoms with Crippen LogP contribution in [0.4, 0.5) is 5.69 Å². The van der Waals surface area contributed by atoms with E-state index in [1.807, 2.05) is 47.0 Å². The van der Waals surface area contributed by atoms with Gasteiger partial charge in [0.15, 0.2) is 4.80 Å². The molecule has 30 heavy (non-hydrogen) atoms. The van der Waals surface area contributed by atoms with Crippen LogP contribution in [0.2, 0.25) is 5.02 Å². The van der Waals surface area contributed by atoms with Crippen LogP contribution in [-0.2, 0) is 16.1 Å². The lowest BCUT2D eigenvalue weighted by atomic mass is 10.2. The summed E-state index contributed by atoms with van der Waals surface area (Å²) in [7, 11) is 1.63. The van der Waals surface area contributed by atoms with Gasteiger partial charge in [-0.05, 0) is 24.3 Å². The number of thiazole rings is 1. The van der Waals surface area contributed by atoms with Gasteiger partial charge in [0.1, 0.15) is 4.88 Å². The average Bonchev–Trinajstić information content (AvgIpc) is 3.23. The zero-order valence-electron chi connectivity index (χ0n) is 16.3. The molecule has 2 aromatic heterocycles. The largest absolute Gasteiger partial charge is 0.383 e. The number of carbonyl (C=O) groups is 2. The van der Waals surface area contributed by atoms with Gasteiger partial charge in [0.05, 0.1) is 21.8 Å². The molecule has 6 nitrogen and oxygen atoms in total. The molecule has 0 fully saturated rings. The molecule has 0 atom stereocenters. The number of amides is 2. The van der Waals surface area contributed by atoms with E-state index in [0.717, 1.165) is 20.3 Å². The van der Waals surface area contributed by atoms with E-state index >= 15 is 0 Å². The molecule has 0 saturated carbocycles. The Morgan fingerprint density at radius 1 is 1.17 bits per heavy atom. The zero-order chi connectivity index (χ0) is 21.3. The molecule has 0 spiro atoms. The topological polar surface area (TPSA) is 72.7 Å². The van der Waals surface area contributed by atoms with Crippen molar-refractivity contribution >= 4 is 72.1 Å². The van der Waals surface area contributed by atoms with Gasteiger partial charge in [0.25, 0.3) is 5.91 Å². The van der Waals surface area contributed by atoms with Gasteiger partial charge in [-0.25, -0.2) is 0 Å². The molecule has 0 aliphatic rings. The van der Waals surface area contributed by atoms with Crippen LogP contribution >= 0.6 is 34.3 Å². The Bertz CT molecular complexity index is 1340. The second kappa shape index (κ2) is 8.69. The maximum atomic E-state index is 13.0. The van der Waals surface area contributed by atoms with Crippen molar-refractivity contribution in [1.82, 2.24) is 4.57 Å². The van der Waals surface area contributed by atoms with Crippen LogP contribution in [0, 0.1) is 0 Å². The van der Waals surface area contributed by atoms with Gasteiger partial charge in [0.2, 0.25) is 5.91 Å². The van der Waals surface area contributed by atoms with E-state index in [1.54, 1.807) is 7.11 Å². The number of hydrogen-bond acceptors (Lipinski definition) is 5. The van der Waals surface area contributed by atoms with Gasteiger partial charge in [0, 0.05) is 36.4 Å². The Hall–Kier alpha value is -2.52. The quantitative estimate of drug-likeness (QED) is 0.460. The normalized spacial score (nSPS) is 12.0. The summed E-state index contributed by atoms with van der Waals surface area (Å²) in [6.07, 6.45) is 0. The Morgan fingerprint density at radius 2 is 1.97 bits per heavy atom. The molecule has 4 aromatic rings. The third-order valence-corrected chi connectivity index (χ3v) is 7.15. The van der Waals surface area contributed by atoms with Crippen LogP contribution in [0.3, 0.4) is 0 Å². The Labute approximate surface area is 185 Å². The lowest BCUT2D eigenvalue weighted by Crippen LogP contribution is -2.19. The molecule has 2 heterocycles. The number of benzene rings is 2. The second-order valence-electron chi connectivity index (χ2n) is 6.55. The maximum absolute atomic E-state index is 13.0.